The Morgan fingerprint density at radius 3 is 1.27 bits per heavy atom. The zero-order chi connectivity index (χ0) is 52.2. The Hall–Kier alpha value is -9.58. The minimum absolute atomic E-state index is 0.320. The number of halogens is 6. The van der Waals surface area contributed by atoms with Gasteiger partial charge in [0.25, 0.3) is 0 Å². The fourth-order valence-corrected chi connectivity index (χ4v) is 9.98. The second-order valence-corrected chi connectivity index (χ2v) is 18.4. The van der Waals surface area contributed by atoms with E-state index in [0.29, 0.717) is 117 Å². The zero-order valence-corrected chi connectivity index (χ0v) is 40.1. The molecule has 2 heterocycles. The van der Waals surface area contributed by atoms with Crippen molar-refractivity contribution in [1.29, 1.82) is 10.5 Å². The van der Waals surface area contributed by atoms with Crippen molar-refractivity contribution in [3.63, 3.8) is 0 Å². The van der Waals surface area contributed by atoms with Crippen LogP contribution in [0, 0.1) is 36.5 Å². The summed E-state index contributed by atoms with van der Waals surface area (Å²) >= 11 is 0. The van der Waals surface area contributed by atoms with Crippen molar-refractivity contribution in [3.8, 4) is 96.2 Å². The Morgan fingerprint density at radius 1 is 0.387 bits per heavy atom. The molecule has 11 aromatic rings. The Balaban J connectivity index is 1.28. The summed E-state index contributed by atoms with van der Waals surface area (Å²) in [6.07, 6.45) is -9.23. The van der Waals surface area contributed by atoms with Crippen LogP contribution in [0.1, 0.15) is 33.4 Å². The number of alkyl halides is 6. The van der Waals surface area contributed by atoms with E-state index in [4.69, 9.17) is 9.97 Å². The number of benzene rings is 9. The van der Waals surface area contributed by atoms with Crippen LogP contribution < -0.4 is 0 Å². The molecule has 75 heavy (non-hydrogen) atoms. The highest BCUT2D eigenvalue weighted by Crippen LogP contribution is 2.47. The third-order valence-corrected chi connectivity index (χ3v) is 13.4. The first-order chi connectivity index (χ1) is 36.1. The minimum atomic E-state index is -4.62. The van der Waals surface area contributed by atoms with Gasteiger partial charge in [0.15, 0.2) is 5.82 Å². The molecule has 0 bridgehead atoms. The van der Waals surface area contributed by atoms with Gasteiger partial charge in [0, 0.05) is 49.7 Å². The highest BCUT2D eigenvalue weighted by molar-refractivity contribution is 6.13. The van der Waals surface area contributed by atoms with Gasteiger partial charge in [-0.2, -0.15) is 36.9 Å². The van der Waals surface area contributed by atoms with Crippen molar-refractivity contribution in [2.75, 3.05) is 0 Å². The van der Waals surface area contributed by atoms with Crippen LogP contribution in [0.2, 0.25) is 0 Å². The third kappa shape index (κ3) is 9.06. The van der Waals surface area contributed by atoms with Crippen molar-refractivity contribution < 1.29 is 26.3 Å². The van der Waals surface area contributed by atoms with Crippen molar-refractivity contribution in [2.45, 2.75) is 26.2 Å². The number of nitrogens with zero attached hydrogens (tertiary/aromatic N) is 5. The van der Waals surface area contributed by atoms with Crippen LogP contribution >= 0.6 is 0 Å². The molecule has 0 atom stereocenters. The van der Waals surface area contributed by atoms with Gasteiger partial charge in [-0.15, -0.1) is 0 Å². The van der Waals surface area contributed by atoms with Gasteiger partial charge in [-0.05, 0) is 126 Å². The average molecular weight is 992 g/mol. The highest BCUT2D eigenvalue weighted by atomic mass is 19.4. The molecule has 5 nitrogen and oxygen atoms in total. The lowest BCUT2D eigenvalue weighted by Gasteiger charge is -2.22. The quantitative estimate of drug-likeness (QED) is 0.142. The molecule has 0 aliphatic heterocycles. The predicted molar refractivity (Wildman–Crippen MR) is 283 cm³/mol. The maximum absolute atomic E-state index is 14.3. The number of fused-ring (bicyclic) bond motifs is 3. The largest absolute Gasteiger partial charge is 0.416 e. The molecule has 0 aliphatic rings. The molecule has 9 aromatic carbocycles. The monoisotopic (exact) mass is 991 g/mol. The number of hydrogen-bond donors (Lipinski definition) is 0. The second kappa shape index (κ2) is 18.8. The summed E-state index contributed by atoms with van der Waals surface area (Å²) in [5.41, 5.74) is 8.92. The van der Waals surface area contributed by atoms with Crippen LogP contribution in [0.3, 0.4) is 0 Å². The van der Waals surface area contributed by atoms with Gasteiger partial charge < -0.3 is 4.57 Å². The molecule has 0 unspecified atom stereocenters. The van der Waals surface area contributed by atoms with Gasteiger partial charge >= 0.3 is 12.4 Å². The van der Waals surface area contributed by atoms with Crippen molar-refractivity contribution in [3.05, 3.63) is 234 Å². The summed E-state index contributed by atoms with van der Waals surface area (Å²) in [4.78, 5) is 10.2. The molecule has 0 radical (unpaired) electrons. The third-order valence-electron chi connectivity index (χ3n) is 13.4. The van der Waals surface area contributed by atoms with Crippen LogP contribution in [0.5, 0.6) is 0 Å². The van der Waals surface area contributed by atoms with E-state index in [1.165, 1.54) is 0 Å². The lowest BCUT2D eigenvalue weighted by Crippen LogP contribution is -2.05. The molecule has 0 N–H and O–H groups in total. The smallest absolute Gasteiger partial charge is 0.308 e. The fraction of sp³-hybridized carbons (Fsp3) is 0.0625. The van der Waals surface area contributed by atoms with Gasteiger partial charge in [0.1, 0.15) is 0 Å². The Bertz CT molecular complexity index is 3890. The van der Waals surface area contributed by atoms with E-state index in [0.717, 1.165) is 35.4 Å². The van der Waals surface area contributed by atoms with Gasteiger partial charge in [-0.1, -0.05) is 121 Å². The Kier molecular flexibility index (Phi) is 12.0. The maximum Gasteiger partial charge on any atom is 0.416 e. The normalized spacial score (nSPS) is 11.7. The molecule has 2 aromatic heterocycles. The van der Waals surface area contributed by atoms with Gasteiger partial charge in [-0.3, -0.25) is 0 Å². The van der Waals surface area contributed by atoms with E-state index in [9.17, 15) is 36.9 Å². The van der Waals surface area contributed by atoms with Crippen LogP contribution in [0.25, 0.3) is 106 Å². The summed E-state index contributed by atoms with van der Waals surface area (Å²) in [6, 6.07) is 62.8. The molecule has 11 rings (SSSR count). The molecule has 0 saturated carbocycles. The molecule has 0 amide bonds. The summed E-state index contributed by atoms with van der Waals surface area (Å²) in [5.74, 6) is 0.468. The minimum Gasteiger partial charge on any atom is -0.308 e. The van der Waals surface area contributed by atoms with E-state index in [1.807, 2.05) is 132 Å². The van der Waals surface area contributed by atoms with Crippen molar-refractivity contribution in [2.24, 2.45) is 0 Å². The molecule has 0 fully saturated rings. The number of rotatable bonds is 8. The number of aromatic nitrogens is 3. The van der Waals surface area contributed by atoms with Crippen LogP contribution in [-0.4, -0.2) is 14.5 Å². The Morgan fingerprint density at radius 2 is 0.813 bits per heavy atom. The van der Waals surface area contributed by atoms with Crippen molar-refractivity contribution in [1.82, 2.24) is 14.5 Å². The van der Waals surface area contributed by atoms with E-state index in [-0.39, 0.29) is 0 Å². The highest BCUT2D eigenvalue weighted by Gasteiger charge is 2.33. The summed E-state index contributed by atoms with van der Waals surface area (Å²) in [6.45, 7) is 3.20. The van der Waals surface area contributed by atoms with E-state index < -0.39 is 23.5 Å². The molecule has 0 saturated heterocycles. The lowest BCUT2D eigenvalue weighted by molar-refractivity contribution is -0.138. The summed E-state index contributed by atoms with van der Waals surface area (Å²) in [7, 11) is 0. The predicted octanol–water partition coefficient (Wildman–Crippen LogP) is 17.6. The van der Waals surface area contributed by atoms with Crippen LogP contribution in [-0.2, 0) is 12.4 Å². The van der Waals surface area contributed by atoms with Gasteiger partial charge in [-0.25, -0.2) is 9.97 Å². The molecular formula is C64H39F6N5. The molecule has 11 heteroatoms. The lowest BCUT2D eigenvalue weighted by atomic mass is 9.88. The van der Waals surface area contributed by atoms with E-state index in [1.54, 1.807) is 62.4 Å². The summed E-state index contributed by atoms with van der Waals surface area (Å²) in [5, 5.41) is 22.8. The average Bonchev–Trinajstić information content (AvgIpc) is 3.81. The number of hydrogen-bond acceptors (Lipinski definition) is 4. The summed E-state index contributed by atoms with van der Waals surface area (Å²) < 4.78 is 88.0. The first-order valence-corrected chi connectivity index (χ1v) is 23.8. The fourth-order valence-electron chi connectivity index (χ4n) is 9.98. The standard InChI is InChI=1S/C64H39F6N5/c1-38-25-46(29-49(27-38)63(65,66)67)42-21-23-59-53(31-42)54-32-43(47-26-39(2)28-50(30-47)64(68,69)70)22-24-60(54)75(59)61-55(51-19-11-9-17-44(51)36-71)33-48(34-56(61)52-20-12-10-18-45(52)37-72)58-35-57(40-13-5-3-6-14-40)73-62(74-58)41-15-7-4-8-16-41/h3-35H,1-2H3. The first kappa shape index (κ1) is 47.7. The molecular weight excluding hydrogens is 953 g/mol. The molecule has 0 spiro atoms. The maximum atomic E-state index is 14.3. The van der Waals surface area contributed by atoms with E-state index in [2.05, 4.69) is 12.1 Å². The van der Waals surface area contributed by atoms with Crippen molar-refractivity contribution >= 4 is 21.8 Å². The topological polar surface area (TPSA) is 78.3 Å². The first-order valence-electron chi connectivity index (χ1n) is 23.8. The van der Waals surface area contributed by atoms with Crippen LogP contribution in [0.4, 0.5) is 26.3 Å². The zero-order valence-electron chi connectivity index (χ0n) is 40.1. The SMILES string of the molecule is Cc1cc(-c2ccc3c(c2)c2cc(-c4cc(C)cc(C(F)(F)F)c4)ccc2n3-c2c(-c3ccccc3C#N)cc(-c3cc(-c4ccccc4)nc(-c4ccccc4)n3)cc2-c2ccccc2C#N)cc(C(F)(F)F)c1. The van der Waals surface area contributed by atoms with Gasteiger partial charge in [0.2, 0.25) is 0 Å². The van der Waals surface area contributed by atoms with E-state index >= 15 is 0 Å². The molecule has 0 aliphatic carbocycles. The van der Waals surface area contributed by atoms with Gasteiger partial charge in [0.05, 0.1) is 62.5 Å². The second-order valence-electron chi connectivity index (χ2n) is 18.4. The number of nitriles is 2. The Labute approximate surface area is 427 Å². The van der Waals surface area contributed by atoms with Crippen LogP contribution in [0.15, 0.2) is 200 Å². The molecule has 362 valence electrons. The number of aryl methyl sites for hydroxylation is 2.